The van der Waals surface area contributed by atoms with Crippen LogP contribution in [-0.2, 0) is 11.3 Å². The summed E-state index contributed by atoms with van der Waals surface area (Å²) in [5.41, 5.74) is 5.47. The number of hydrogen-bond donors (Lipinski definition) is 0. The minimum Gasteiger partial charge on any atom is -0.0969 e. The molecule has 4 aromatic carbocycles. The van der Waals surface area contributed by atoms with Crippen LogP contribution in [0.25, 0.3) is 0 Å². The molecular formula is C26H23P. The third-order valence-electron chi connectivity index (χ3n) is 5.02. The van der Waals surface area contributed by atoms with Gasteiger partial charge in [-0.15, -0.1) is 0 Å². The molecule has 0 saturated carbocycles. The number of benzene rings is 4. The van der Waals surface area contributed by atoms with E-state index in [2.05, 4.69) is 121 Å². The molecule has 0 amide bonds. The summed E-state index contributed by atoms with van der Waals surface area (Å²) < 4.78 is 0. The van der Waals surface area contributed by atoms with E-state index in [1.165, 1.54) is 22.3 Å². The summed E-state index contributed by atoms with van der Waals surface area (Å²) in [6.45, 7) is 0. The van der Waals surface area contributed by atoms with E-state index in [0.29, 0.717) is 8.58 Å². The van der Waals surface area contributed by atoms with E-state index in [4.69, 9.17) is 0 Å². The van der Waals surface area contributed by atoms with Gasteiger partial charge >= 0.3 is 0 Å². The van der Waals surface area contributed by atoms with Crippen LogP contribution in [0.15, 0.2) is 121 Å². The second-order valence-electron chi connectivity index (χ2n) is 6.69. The third kappa shape index (κ3) is 3.72. The van der Waals surface area contributed by atoms with Crippen molar-refractivity contribution in [2.75, 3.05) is 0 Å². The van der Waals surface area contributed by atoms with Gasteiger partial charge in [0.1, 0.15) is 0 Å². The molecule has 0 aromatic heterocycles. The lowest BCUT2D eigenvalue weighted by Crippen LogP contribution is -2.24. The van der Waals surface area contributed by atoms with Gasteiger partial charge in [0, 0.05) is 0 Å². The molecule has 0 aliphatic carbocycles. The monoisotopic (exact) mass is 366 g/mol. The highest BCUT2D eigenvalue weighted by molar-refractivity contribution is 7.39. The quantitative estimate of drug-likeness (QED) is 0.258. The molecule has 4 rings (SSSR count). The molecule has 27 heavy (non-hydrogen) atoms. The molecule has 1 unspecified atom stereocenters. The zero-order valence-corrected chi connectivity index (χ0v) is 16.3. The number of rotatable bonds is 6. The predicted molar refractivity (Wildman–Crippen MR) is 118 cm³/mol. The molecular weight excluding hydrogens is 343 g/mol. The first-order valence-corrected chi connectivity index (χ1v) is 10.6. The van der Waals surface area contributed by atoms with Gasteiger partial charge in [-0.3, -0.25) is 0 Å². The van der Waals surface area contributed by atoms with Crippen LogP contribution in [0.1, 0.15) is 22.3 Å². The standard InChI is InChI=1S/C26H23P/c1-5-13-22(14-6-1)21-27-26(23-15-7-2-8-16-23,24-17-9-3-10-18-24)25-19-11-4-12-20-25/h1-20,27H,21H2. The summed E-state index contributed by atoms with van der Waals surface area (Å²) >= 11 is 0. The zero-order valence-electron chi connectivity index (χ0n) is 15.3. The smallest absolute Gasteiger partial charge is 0.0623 e. The van der Waals surface area contributed by atoms with Crippen molar-refractivity contribution in [1.29, 1.82) is 0 Å². The van der Waals surface area contributed by atoms with Gasteiger partial charge in [-0.05, 0) is 28.4 Å². The van der Waals surface area contributed by atoms with Crippen molar-refractivity contribution in [3.63, 3.8) is 0 Å². The Kier molecular flexibility index (Phi) is 5.47. The molecule has 0 spiro atoms. The highest BCUT2D eigenvalue weighted by atomic mass is 31.1. The van der Waals surface area contributed by atoms with E-state index in [1.807, 2.05) is 0 Å². The van der Waals surface area contributed by atoms with Crippen LogP contribution in [0.4, 0.5) is 0 Å². The SMILES string of the molecule is c1ccc(CPC(c2ccccc2)(c2ccccc2)c2ccccc2)cc1. The molecule has 0 bridgehead atoms. The Morgan fingerprint density at radius 2 is 0.778 bits per heavy atom. The van der Waals surface area contributed by atoms with Crippen LogP contribution < -0.4 is 0 Å². The van der Waals surface area contributed by atoms with E-state index in [0.717, 1.165) is 6.16 Å². The molecule has 0 aliphatic rings. The van der Waals surface area contributed by atoms with Crippen LogP contribution >= 0.6 is 8.58 Å². The Bertz CT molecular complexity index is 851. The number of hydrogen-bond acceptors (Lipinski definition) is 0. The molecule has 0 aliphatic heterocycles. The highest BCUT2D eigenvalue weighted by Crippen LogP contribution is 2.53. The van der Waals surface area contributed by atoms with Crippen LogP contribution in [0.5, 0.6) is 0 Å². The molecule has 0 saturated heterocycles. The van der Waals surface area contributed by atoms with Gasteiger partial charge in [0.15, 0.2) is 0 Å². The van der Waals surface area contributed by atoms with Crippen LogP contribution in [-0.4, -0.2) is 0 Å². The van der Waals surface area contributed by atoms with Gasteiger partial charge < -0.3 is 0 Å². The van der Waals surface area contributed by atoms with E-state index in [9.17, 15) is 0 Å². The van der Waals surface area contributed by atoms with Crippen molar-refractivity contribution in [3.05, 3.63) is 144 Å². The van der Waals surface area contributed by atoms with Gasteiger partial charge in [-0.1, -0.05) is 130 Å². The molecule has 0 nitrogen and oxygen atoms in total. The minimum absolute atomic E-state index is 0.139. The van der Waals surface area contributed by atoms with Gasteiger partial charge in [-0.2, -0.15) is 0 Å². The van der Waals surface area contributed by atoms with E-state index < -0.39 is 0 Å². The van der Waals surface area contributed by atoms with Gasteiger partial charge in [0.05, 0.1) is 5.16 Å². The van der Waals surface area contributed by atoms with Gasteiger partial charge in [-0.25, -0.2) is 0 Å². The molecule has 132 valence electrons. The summed E-state index contributed by atoms with van der Waals surface area (Å²) in [5.74, 6) is 0. The lowest BCUT2D eigenvalue weighted by Gasteiger charge is -2.36. The maximum atomic E-state index is 2.28. The predicted octanol–water partition coefficient (Wildman–Crippen LogP) is 6.86. The molecule has 0 fully saturated rings. The van der Waals surface area contributed by atoms with Crippen molar-refractivity contribution in [1.82, 2.24) is 0 Å². The largest absolute Gasteiger partial charge is 0.0969 e. The Labute approximate surface area is 163 Å². The molecule has 4 aromatic rings. The lowest BCUT2D eigenvalue weighted by atomic mass is 9.84. The Morgan fingerprint density at radius 1 is 0.444 bits per heavy atom. The Hall–Kier alpha value is -2.69. The minimum atomic E-state index is -0.139. The Morgan fingerprint density at radius 3 is 1.15 bits per heavy atom. The fourth-order valence-corrected chi connectivity index (χ4v) is 5.52. The first-order chi connectivity index (χ1) is 13.4. The highest BCUT2D eigenvalue weighted by Gasteiger charge is 2.35. The summed E-state index contributed by atoms with van der Waals surface area (Å²) in [6.07, 6.45) is 1.06. The third-order valence-corrected chi connectivity index (χ3v) is 7.00. The summed E-state index contributed by atoms with van der Waals surface area (Å²) in [4.78, 5) is 0. The molecule has 0 heterocycles. The second kappa shape index (κ2) is 8.33. The summed E-state index contributed by atoms with van der Waals surface area (Å²) in [5, 5.41) is -0.139. The molecule has 0 radical (unpaired) electrons. The van der Waals surface area contributed by atoms with Crippen LogP contribution in [0, 0.1) is 0 Å². The maximum Gasteiger partial charge on any atom is 0.0623 e. The second-order valence-corrected chi connectivity index (χ2v) is 8.14. The average Bonchev–Trinajstić information content (AvgIpc) is 2.77. The van der Waals surface area contributed by atoms with Crippen molar-refractivity contribution in [2.24, 2.45) is 0 Å². The molecule has 0 N–H and O–H groups in total. The van der Waals surface area contributed by atoms with Gasteiger partial charge in [0.2, 0.25) is 0 Å². The zero-order chi connectivity index (χ0) is 18.4. The first-order valence-electron chi connectivity index (χ1n) is 9.35. The van der Waals surface area contributed by atoms with Gasteiger partial charge in [0.25, 0.3) is 0 Å². The van der Waals surface area contributed by atoms with Crippen molar-refractivity contribution in [2.45, 2.75) is 11.3 Å². The molecule has 1 heteroatoms. The Balaban J connectivity index is 1.89. The van der Waals surface area contributed by atoms with Crippen molar-refractivity contribution in [3.8, 4) is 0 Å². The maximum absolute atomic E-state index is 2.28. The first kappa shape index (κ1) is 17.7. The summed E-state index contributed by atoms with van der Waals surface area (Å²) in [7, 11) is 0.703. The van der Waals surface area contributed by atoms with E-state index >= 15 is 0 Å². The topological polar surface area (TPSA) is 0 Å². The lowest BCUT2D eigenvalue weighted by molar-refractivity contribution is 0.883. The van der Waals surface area contributed by atoms with Crippen molar-refractivity contribution >= 4 is 8.58 Å². The fourth-order valence-electron chi connectivity index (χ4n) is 3.70. The molecule has 1 atom stereocenters. The van der Waals surface area contributed by atoms with E-state index in [-0.39, 0.29) is 5.16 Å². The fraction of sp³-hybridized carbons (Fsp3) is 0.0769. The van der Waals surface area contributed by atoms with Crippen molar-refractivity contribution < 1.29 is 0 Å². The van der Waals surface area contributed by atoms with E-state index in [1.54, 1.807) is 0 Å². The summed E-state index contributed by atoms with van der Waals surface area (Å²) in [6, 6.07) is 43.7. The van der Waals surface area contributed by atoms with Crippen LogP contribution in [0.3, 0.4) is 0 Å². The average molecular weight is 366 g/mol. The normalized spacial score (nSPS) is 11.7. The van der Waals surface area contributed by atoms with Crippen LogP contribution in [0.2, 0.25) is 0 Å².